The van der Waals surface area contributed by atoms with Crippen LogP contribution in [0.15, 0.2) is 0 Å². The molecular weight excluding hydrogens is 220 g/mol. The molecule has 1 fully saturated rings. The number of thioether (sulfide) groups is 1. The zero-order valence-corrected chi connectivity index (χ0v) is 11.7. The highest BCUT2D eigenvalue weighted by molar-refractivity contribution is 7.98. The Balaban J connectivity index is 2.67. The van der Waals surface area contributed by atoms with Crippen LogP contribution in [0.5, 0.6) is 0 Å². The van der Waals surface area contributed by atoms with E-state index >= 15 is 0 Å². The Morgan fingerprint density at radius 3 is 2.75 bits per heavy atom. The summed E-state index contributed by atoms with van der Waals surface area (Å²) in [7, 11) is 1.93. The maximum Gasteiger partial charge on any atom is 0.242 e. The molecule has 0 saturated carbocycles. The van der Waals surface area contributed by atoms with Gasteiger partial charge in [-0.3, -0.25) is 4.79 Å². The summed E-state index contributed by atoms with van der Waals surface area (Å²) in [6.45, 7) is 5.19. The molecule has 4 heteroatoms. The first-order valence-corrected chi connectivity index (χ1v) is 7.48. The molecule has 3 nitrogen and oxygen atoms in total. The van der Waals surface area contributed by atoms with Crippen LogP contribution in [0.25, 0.3) is 0 Å². The molecule has 1 rings (SSSR count). The minimum atomic E-state index is -0.276. The van der Waals surface area contributed by atoms with Crippen molar-refractivity contribution >= 4 is 17.7 Å². The van der Waals surface area contributed by atoms with Crippen molar-refractivity contribution in [1.82, 2.24) is 10.2 Å². The first-order valence-electron chi connectivity index (χ1n) is 6.08. The fourth-order valence-electron chi connectivity index (χ4n) is 2.33. The lowest BCUT2D eigenvalue weighted by Gasteiger charge is -2.34. The van der Waals surface area contributed by atoms with Crippen molar-refractivity contribution in [3.05, 3.63) is 0 Å². The largest absolute Gasteiger partial charge is 0.341 e. The van der Waals surface area contributed by atoms with E-state index in [1.165, 1.54) is 0 Å². The lowest BCUT2D eigenvalue weighted by Crippen LogP contribution is -2.55. The van der Waals surface area contributed by atoms with Gasteiger partial charge in [0.1, 0.15) is 0 Å². The molecule has 1 saturated heterocycles. The van der Waals surface area contributed by atoms with Crippen molar-refractivity contribution in [3.8, 4) is 0 Å². The molecule has 16 heavy (non-hydrogen) atoms. The van der Waals surface area contributed by atoms with Crippen LogP contribution in [-0.2, 0) is 4.79 Å². The van der Waals surface area contributed by atoms with Crippen molar-refractivity contribution in [3.63, 3.8) is 0 Å². The average molecular weight is 244 g/mol. The normalized spacial score (nSPS) is 26.8. The molecule has 0 aromatic carbocycles. The zero-order chi connectivity index (χ0) is 12.2. The maximum absolute atomic E-state index is 12.5. The van der Waals surface area contributed by atoms with Gasteiger partial charge >= 0.3 is 0 Å². The molecule has 1 N–H and O–H groups in total. The van der Waals surface area contributed by atoms with Crippen LogP contribution in [0.4, 0.5) is 0 Å². The lowest BCUT2D eigenvalue weighted by atomic mass is 9.92. The molecule has 1 heterocycles. The predicted molar refractivity (Wildman–Crippen MR) is 70.9 cm³/mol. The van der Waals surface area contributed by atoms with Gasteiger partial charge < -0.3 is 10.2 Å². The fourth-order valence-corrected chi connectivity index (χ4v) is 3.04. The van der Waals surface area contributed by atoms with Crippen molar-refractivity contribution < 1.29 is 4.79 Å². The Labute approximate surface area is 103 Å². The second-order valence-corrected chi connectivity index (χ2v) is 5.60. The summed E-state index contributed by atoms with van der Waals surface area (Å²) in [6.07, 6.45) is 5.07. The Bertz CT molecular complexity index is 239. The first kappa shape index (κ1) is 13.8. The summed E-state index contributed by atoms with van der Waals surface area (Å²) in [5.41, 5.74) is -0.276. The van der Waals surface area contributed by atoms with Crippen molar-refractivity contribution in [1.29, 1.82) is 0 Å². The molecule has 2 unspecified atom stereocenters. The van der Waals surface area contributed by atoms with Crippen LogP contribution in [0.2, 0.25) is 0 Å². The third kappa shape index (κ3) is 2.72. The molecule has 0 aromatic heterocycles. The van der Waals surface area contributed by atoms with Crippen LogP contribution in [-0.4, -0.2) is 48.0 Å². The molecule has 0 aliphatic carbocycles. The first-order chi connectivity index (χ1) is 7.57. The van der Waals surface area contributed by atoms with Crippen molar-refractivity contribution in [2.24, 2.45) is 0 Å². The van der Waals surface area contributed by atoms with Gasteiger partial charge in [0, 0.05) is 18.8 Å². The Morgan fingerprint density at radius 2 is 2.31 bits per heavy atom. The molecule has 1 aliphatic rings. The van der Waals surface area contributed by atoms with E-state index < -0.39 is 0 Å². The second-order valence-electron chi connectivity index (χ2n) is 4.69. The van der Waals surface area contributed by atoms with Gasteiger partial charge in [-0.25, -0.2) is 0 Å². The number of carbonyl (C=O) groups is 1. The van der Waals surface area contributed by atoms with Crippen LogP contribution in [0.1, 0.15) is 33.1 Å². The molecule has 94 valence electrons. The van der Waals surface area contributed by atoms with Gasteiger partial charge in [-0.15, -0.1) is 0 Å². The smallest absolute Gasteiger partial charge is 0.242 e. The third-order valence-electron chi connectivity index (χ3n) is 3.65. The summed E-state index contributed by atoms with van der Waals surface area (Å²) in [5.74, 6) is 1.27. The van der Waals surface area contributed by atoms with Gasteiger partial charge in [0.15, 0.2) is 0 Å². The number of amides is 1. The monoisotopic (exact) mass is 244 g/mol. The molecule has 0 spiro atoms. The van der Waals surface area contributed by atoms with Gasteiger partial charge in [0.05, 0.1) is 5.54 Å². The van der Waals surface area contributed by atoms with Gasteiger partial charge in [0.25, 0.3) is 0 Å². The Morgan fingerprint density at radius 1 is 1.62 bits per heavy atom. The number of hydrogen-bond acceptors (Lipinski definition) is 3. The van der Waals surface area contributed by atoms with Crippen molar-refractivity contribution in [2.75, 3.05) is 25.6 Å². The molecule has 1 aliphatic heterocycles. The summed E-state index contributed by atoms with van der Waals surface area (Å²) in [6, 6.07) is 0.313. The number of nitrogens with zero attached hydrogens (tertiary/aromatic N) is 1. The number of rotatable bonds is 5. The van der Waals surface area contributed by atoms with E-state index in [1.54, 1.807) is 11.8 Å². The molecule has 0 bridgehead atoms. The topological polar surface area (TPSA) is 32.3 Å². The number of carbonyl (C=O) groups excluding carboxylic acids is 1. The predicted octanol–water partition coefficient (Wildman–Crippen LogP) is 1.73. The molecule has 2 atom stereocenters. The van der Waals surface area contributed by atoms with E-state index in [2.05, 4.69) is 25.4 Å². The third-order valence-corrected chi connectivity index (χ3v) is 4.46. The highest BCUT2D eigenvalue weighted by Crippen LogP contribution is 2.26. The van der Waals surface area contributed by atoms with E-state index in [-0.39, 0.29) is 11.4 Å². The van der Waals surface area contributed by atoms with E-state index in [1.807, 2.05) is 11.9 Å². The van der Waals surface area contributed by atoms with Crippen LogP contribution >= 0.6 is 11.8 Å². The number of likely N-dealkylation sites (N-methyl/N-ethyl adjacent to an activating group) is 1. The average Bonchev–Trinajstić information content (AvgIpc) is 2.77. The molecule has 0 aromatic rings. The van der Waals surface area contributed by atoms with Gasteiger partial charge in [-0.2, -0.15) is 11.8 Å². The van der Waals surface area contributed by atoms with Crippen LogP contribution < -0.4 is 5.32 Å². The Kier molecular flexibility index (Phi) is 5.12. The van der Waals surface area contributed by atoms with E-state index in [9.17, 15) is 4.79 Å². The van der Waals surface area contributed by atoms with Gasteiger partial charge in [0.2, 0.25) is 5.91 Å². The number of nitrogens with one attached hydrogen (secondary N) is 1. The van der Waals surface area contributed by atoms with Gasteiger partial charge in [-0.1, -0.05) is 6.92 Å². The fraction of sp³-hybridized carbons (Fsp3) is 0.917. The molecular formula is C12H24N2OS. The van der Waals surface area contributed by atoms with Gasteiger partial charge in [-0.05, 0) is 39.0 Å². The molecule has 0 radical (unpaired) electrons. The van der Waals surface area contributed by atoms with Crippen LogP contribution in [0.3, 0.4) is 0 Å². The maximum atomic E-state index is 12.5. The summed E-state index contributed by atoms with van der Waals surface area (Å²) in [4.78, 5) is 14.4. The molecule has 1 amide bonds. The minimum Gasteiger partial charge on any atom is -0.341 e. The van der Waals surface area contributed by atoms with Crippen molar-refractivity contribution in [2.45, 2.75) is 44.7 Å². The minimum absolute atomic E-state index is 0.272. The Hall–Kier alpha value is -0.220. The SMILES string of the molecule is CCC1(C(=O)N(C)C(C)CSC)CCCN1. The van der Waals surface area contributed by atoms with E-state index in [0.29, 0.717) is 6.04 Å². The summed E-state index contributed by atoms with van der Waals surface area (Å²) < 4.78 is 0. The highest BCUT2D eigenvalue weighted by Gasteiger charge is 2.41. The van der Waals surface area contributed by atoms with E-state index in [4.69, 9.17) is 0 Å². The van der Waals surface area contributed by atoms with Crippen LogP contribution in [0, 0.1) is 0 Å². The second kappa shape index (κ2) is 5.92. The summed E-state index contributed by atoms with van der Waals surface area (Å²) >= 11 is 1.79. The quantitative estimate of drug-likeness (QED) is 0.799. The lowest BCUT2D eigenvalue weighted by molar-refractivity contribution is -0.138. The summed E-state index contributed by atoms with van der Waals surface area (Å²) in [5, 5.41) is 3.40. The number of hydrogen-bond donors (Lipinski definition) is 1. The van der Waals surface area contributed by atoms with E-state index in [0.717, 1.165) is 31.6 Å². The standard InChI is InChI=1S/C12H24N2OS/c1-5-12(7-6-8-13-12)11(15)14(3)10(2)9-16-4/h10,13H,5-9H2,1-4H3. The zero-order valence-electron chi connectivity index (χ0n) is 10.9. The highest BCUT2D eigenvalue weighted by atomic mass is 32.2.